The molecule has 0 unspecified atom stereocenters. The second-order valence-electron chi connectivity index (χ2n) is 4.15. The van der Waals surface area contributed by atoms with Crippen LogP contribution in [0, 0.1) is 4.77 Å². The van der Waals surface area contributed by atoms with Crippen LogP contribution in [-0.4, -0.2) is 14.8 Å². The molecule has 3 nitrogen and oxygen atoms in total. The van der Waals surface area contributed by atoms with Gasteiger partial charge in [0.2, 0.25) is 0 Å². The monoisotopic (exact) mass is 321 g/mol. The Morgan fingerprint density at radius 1 is 1.00 bits per heavy atom. The van der Waals surface area contributed by atoms with Crippen LogP contribution >= 0.6 is 35.4 Å². The van der Waals surface area contributed by atoms with Crippen molar-refractivity contribution < 1.29 is 0 Å². The van der Waals surface area contributed by atoms with E-state index in [9.17, 15) is 0 Å². The van der Waals surface area contributed by atoms with Crippen LogP contribution < -0.4 is 0 Å². The number of halogens is 2. The molecule has 2 aromatic carbocycles. The van der Waals surface area contributed by atoms with E-state index < -0.39 is 0 Å². The van der Waals surface area contributed by atoms with Gasteiger partial charge in [-0.25, -0.2) is 0 Å². The summed E-state index contributed by atoms with van der Waals surface area (Å²) in [7, 11) is 0. The molecule has 0 aliphatic rings. The third-order valence-electron chi connectivity index (χ3n) is 2.87. The van der Waals surface area contributed by atoms with Crippen molar-refractivity contribution in [1.29, 1.82) is 0 Å². The third-order valence-corrected chi connectivity index (χ3v) is 3.71. The van der Waals surface area contributed by atoms with Crippen LogP contribution in [0.25, 0.3) is 17.1 Å². The van der Waals surface area contributed by atoms with E-state index in [0.29, 0.717) is 20.6 Å². The number of benzene rings is 2. The lowest BCUT2D eigenvalue weighted by atomic mass is 10.2. The highest BCUT2D eigenvalue weighted by Gasteiger charge is 2.12. The molecule has 1 N–H and O–H groups in total. The Kier molecular flexibility index (Phi) is 3.61. The molecule has 0 aliphatic heterocycles. The van der Waals surface area contributed by atoms with Gasteiger partial charge < -0.3 is 0 Å². The van der Waals surface area contributed by atoms with Gasteiger partial charge in [-0.05, 0) is 48.6 Å². The molecule has 20 heavy (non-hydrogen) atoms. The fourth-order valence-electron chi connectivity index (χ4n) is 1.95. The molecule has 0 aliphatic carbocycles. The first-order valence-corrected chi connectivity index (χ1v) is 7.01. The largest absolute Gasteiger partial charge is 0.267 e. The van der Waals surface area contributed by atoms with Crippen molar-refractivity contribution in [2.75, 3.05) is 0 Å². The Balaban J connectivity index is 2.23. The first kappa shape index (κ1) is 13.4. The lowest BCUT2D eigenvalue weighted by Crippen LogP contribution is -1.98. The van der Waals surface area contributed by atoms with Gasteiger partial charge in [0.1, 0.15) is 0 Å². The Morgan fingerprint density at radius 2 is 1.70 bits per heavy atom. The van der Waals surface area contributed by atoms with Gasteiger partial charge in [0.25, 0.3) is 0 Å². The molecule has 0 saturated carbocycles. The van der Waals surface area contributed by atoms with Gasteiger partial charge in [0, 0.05) is 10.6 Å². The Morgan fingerprint density at radius 3 is 2.40 bits per heavy atom. The molecular weight excluding hydrogens is 313 g/mol. The average molecular weight is 322 g/mol. The maximum Gasteiger partial charge on any atom is 0.200 e. The van der Waals surface area contributed by atoms with E-state index in [2.05, 4.69) is 10.2 Å². The molecule has 1 heterocycles. The number of aromatic nitrogens is 3. The van der Waals surface area contributed by atoms with Crippen LogP contribution in [-0.2, 0) is 0 Å². The predicted octanol–water partition coefficient (Wildman–Crippen LogP) is 4.90. The maximum atomic E-state index is 6.24. The smallest absolute Gasteiger partial charge is 0.200 e. The number of rotatable bonds is 2. The molecule has 3 rings (SSSR count). The van der Waals surface area contributed by atoms with Crippen LogP contribution in [0.15, 0.2) is 48.5 Å². The average Bonchev–Trinajstić information content (AvgIpc) is 2.82. The summed E-state index contributed by atoms with van der Waals surface area (Å²) in [5.41, 5.74) is 1.69. The van der Waals surface area contributed by atoms with Gasteiger partial charge in [-0.3, -0.25) is 9.67 Å². The van der Waals surface area contributed by atoms with E-state index in [4.69, 9.17) is 35.4 Å². The van der Waals surface area contributed by atoms with E-state index >= 15 is 0 Å². The van der Waals surface area contributed by atoms with Crippen LogP contribution in [0.5, 0.6) is 0 Å². The van der Waals surface area contributed by atoms with E-state index in [1.807, 2.05) is 48.5 Å². The Bertz CT molecular complexity index is 806. The molecule has 0 saturated heterocycles. The molecule has 0 atom stereocenters. The summed E-state index contributed by atoms with van der Waals surface area (Å²) in [6, 6.07) is 14.9. The van der Waals surface area contributed by atoms with Crippen molar-refractivity contribution in [2.24, 2.45) is 0 Å². The van der Waals surface area contributed by atoms with Gasteiger partial charge in [-0.15, -0.1) is 0 Å². The first-order valence-electron chi connectivity index (χ1n) is 5.85. The number of nitrogens with one attached hydrogen (secondary N) is 1. The fraction of sp³-hybridized carbons (Fsp3) is 0. The zero-order valence-corrected chi connectivity index (χ0v) is 12.5. The highest BCUT2D eigenvalue weighted by molar-refractivity contribution is 7.71. The molecule has 0 fully saturated rings. The molecule has 1 aromatic heterocycles. The minimum absolute atomic E-state index is 0.489. The summed E-state index contributed by atoms with van der Waals surface area (Å²) in [5, 5.41) is 8.36. The normalized spacial score (nSPS) is 10.7. The maximum absolute atomic E-state index is 6.24. The molecular formula is C14H9Cl2N3S. The number of hydrogen-bond acceptors (Lipinski definition) is 2. The predicted molar refractivity (Wildman–Crippen MR) is 84.2 cm³/mol. The van der Waals surface area contributed by atoms with Crippen LogP contribution in [0.2, 0.25) is 10.0 Å². The number of para-hydroxylation sites is 1. The Hall–Kier alpha value is -1.62. The number of hydrogen-bond donors (Lipinski definition) is 1. The molecule has 0 spiro atoms. The number of H-pyrrole nitrogens is 1. The lowest BCUT2D eigenvalue weighted by Gasteiger charge is -2.08. The van der Waals surface area contributed by atoms with E-state index in [0.717, 1.165) is 11.3 Å². The summed E-state index contributed by atoms with van der Waals surface area (Å²) in [6.07, 6.45) is 0. The number of nitrogens with zero attached hydrogens (tertiary/aromatic N) is 2. The van der Waals surface area contributed by atoms with Crippen LogP contribution in [0.3, 0.4) is 0 Å². The molecule has 0 amide bonds. The first-order chi connectivity index (χ1) is 9.66. The Labute approximate surface area is 130 Å². The summed E-state index contributed by atoms with van der Waals surface area (Å²) < 4.78 is 2.30. The van der Waals surface area contributed by atoms with Gasteiger partial charge >= 0.3 is 0 Å². The molecule has 0 bridgehead atoms. The summed E-state index contributed by atoms with van der Waals surface area (Å²) in [6.45, 7) is 0. The van der Waals surface area contributed by atoms with E-state index in [1.165, 1.54) is 0 Å². The minimum Gasteiger partial charge on any atom is -0.267 e. The lowest BCUT2D eigenvalue weighted by molar-refractivity contribution is 1.04. The van der Waals surface area contributed by atoms with E-state index in [1.54, 1.807) is 4.57 Å². The molecule has 6 heteroatoms. The van der Waals surface area contributed by atoms with E-state index in [-0.39, 0.29) is 0 Å². The molecule has 3 aromatic rings. The van der Waals surface area contributed by atoms with Gasteiger partial charge in [0.15, 0.2) is 10.6 Å². The van der Waals surface area contributed by atoms with Crippen LogP contribution in [0.1, 0.15) is 0 Å². The van der Waals surface area contributed by atoms with Gasteiger partial charge in [-0.2, -0.15) is 5.10 Å². The highest BCUT2D eigenvalue weighted by atomic mass is 35.5. The van der Waals surface area contributed by atoms with Gasteiger partial charge in [0.05, 0.1) is 10.7 Å². The topological polar surface area (TPSA) is 33.6 Å². The quantitative estimate of drug-likeness (QED) is 0.681. The number of aromatic amines is 1. The standard InChI is InChI=1S/C14H9Cl2N3S/c15-10-7-5-9(6-8-10)13-17-18-14(20)19(13)12-4-2-1-3-11(12)16/h1-8H,(H,18,20). The summed E-state index contributed by atoms with van der Waals surface area (Å²) in [4.78, 5) is 0. The second kappa shape index (κ2) is 5.40. The minimum atomic E-state index is 0.489. The van der Waals surface area contributed by atoms with Crippen molar-refractivity contribution >= 4 is 35.4 Å². The zero-order valence-electron chi connectivity index (χ0n) is 10.2. The molecule has 0 radical (unpaired) electrons. The van der Waals surface area contributed by atoms with Crippen molar-refractivity contribution in [1.82, 2.24) is 14.8 Å². The van der Waals surface area contributed by atoms with Crippen molar-refractivity contribution in [3.8, 4) is 17.1 Å². The van der Waals surface area contributed by atoms with Gasteiger partial charge in [-0.1, -0.05) is 35.3 Å². The second-order valence-corrected chi connectivity index (χ2v) is 5.38. The fourth-order valence-corrected chi connectivity index (χ4v) is 2.52. The van der Waals surface area contributed by atoms with Crippen molar-refractivity contribution in [2.45, 2.75) is 0 Å². The van der Waals surface area contributed by atoms with Crippen molar-refractivity contribution in [3.63, 3.8) is 0 Å². The third kappa shape index (κ3) is 2.38. The zero-order chi connectivity index (χ0) is 14.1. The SMILES string of the molecule is S=c1[nH]nc(-c2ccc(Cl)cc2)n1-c1ccccc1Cl. The summed E-state index contributed by atoms with van der Waals surface area (Å²) >= 11 is 17.5. The molecule has 100 valence electrons. The highest BCUT2D eigenvalue weighted by Crippen LogP contribution is 2.26. The summed E-state index contributed by atoms with van der Waals surface area (Å²) in [5.74, 6) is 0.694. The van der Waals surface area contributed by atoms with Crippen LogP contribution in [0.4, 0.5) is 0 Å². The van der Waals surface area contributed by atoms with Crippen molar-refractivity contribution in [3.05, 3.63) is 63.3 Å².